The van der Waals surface area contributed by atoms with Gasteiger partial charge in [0.2, 0.25) is 0 Å². The van der Waals surface area contributed by atoms with Crippen molar-refractivity contribution in [1.29, 1.82) is 0 Å². The zero-order valence-corrected chi connectivity index (χ0v) is 18.4. The Morgan fingerprint density at radius 2 is 0.941 bits per heavy atom. The highest BCUT2D eigenvalue weighted by Crippen LogP contribution is 2.44. The van der Waals surface area contributed by atoms with Crippen LogP contribution in [0.5, 0.6) is 0 Å². The lowest BCUT2D eigenvalue weighted by Crippen LogP contribution is -2.46. The van der Waals surface area contributed by atoms with Crippen LogP contribution in [0.25, 0.3) is 0 Å². The minimum atomic E-state index is -4.35. The number of nitrogens with zero attached hydrogens (tertiary/aromatic N) is 2. The van der Waals surface area contributed by atoms with Crippen molar-refractivity contribution in [3.05, 3.63) is 150 Å². The van der Waals surface area contributed by atoms with Crippen LogP contribution in [-0.2, 0) is 11.7 Å². The second-order valence-electron chi connectivity index (χ2n) is 8.23. The van der Waals surface area contributed by atoms with E-state index in [0.29, 0.717) is 12.4 Å². The fourth-order valence-electron chi connectivity index (χ4n) is 4.68. The van der Waals surface area contributed by atoms with E-state index in [2.05, 4.69) is 41.3 Å². The van der Waals surface area contributed by atoms with E-state index in [4.69, 9.17) is 0 Å². The van der Waals surface area contributed by atoms with Gasteiger partial charge in [-0.3, -0.25) is 0 Å². The van der Waals surface area contributed by atoms with Crippen LogP contribution < -0.4 is 4.90 Å². The topological polar surface area (TPSA) is 6.48 Å². The predicted molar refractivity (Wildman–Crippen MR) is 129 cm³/mol. The first kappa shape index (κ1) is 21.8. The van der Waals surface area contributed by atoms with Gasteiger partial charge in [0.1, 0.15) is 5.54 Å². The van der Waals surface area contributed by atoms with Gasteiger partial charge >= 0.3 is 6.18 Å². The molecule has 34 heavy (non-hydrogen) atoms. The molecule has 0 saturated carbocycles. The molecule has 1 aliphatic rings. The maximum atomic E-state index is 13.0. The molecule has 0 aromatic heterocycles. The van der Waals surface area contributed by atoms with Crippen LogP contribution in [0.1, 0.15) is 22.3 Å². The SMILES string of the molecule is FC(F)(F)c1ccc(N2C=CN(C(c3ccccc3)(c3ccccc3)c3ccccc3)C2)cc1. The van der Waals surface area contributed by atoms with E-state index in [1.165, 1.54) is 12.1 Å². The van der Waals surface area contributed by atoms with E-state index in [1.807, 2.05) is 71.9 Å². The number of hydrogen-bond acceptors (Lipinski definition) is 2. The molecular formula is C29H23F3N2. The van der Waals surface area contributed by atoms with Crippen LogP contribution in [0, 0.1) is 0 Å². The molecule has 0 bridgehead atoms. The van der Waals surface area contributed by atoms with Gasteiger partial charge in [-0.2, -0.15) is 13.2 Å². The van der Waals surface area contributed by atoms with Crippen LogP contribution in [0.15, 0.2) is 128 Å². The maximum Gasteiger partial charge on any atom is 0.416 e. The standard InChI is InChI=1S/C29H23F3N2/c30-29(31,32)26-16-18-27(19-17-26)33-20-21-34(22-33)28(23-10-4-1-5-11-23,24-12-6-2-7-13-24)25-14-8-3-9-15-25/h1-21H,22H2. The van der Waals surface area contributed by atoms with Gasteiger partial charge in [-0.05, 0) is 41.0 Å². The molecule has 4 aromatic rings. The van der Waals surface area contributed by atoms with E-state index in [1.54, 1.807) is 0 Å². The number of benzene rings is 4. The molecule has 0 atom stereocenters. The first-order chi connectivity index (χ1) is 16.5. The zero-order valence-electron chi connectivity index (χ0n) is 18.4. The lowest BCUT2D eigenvalue weighted by atomic mass is 9.76. The average Bonchev–Trinajstić information content (AvgIpc) is 3.37. The Labute approximate surface area is 197 Å². The van der Waals surface area contributed by atoms with E-state index in [0.717, 1.165) is 28.8 Å². The van der Waals surface area contributed by atoms with E-state index < -0.39 is 17.3 Å². The summed E-state index contributed by atoms with van der Waals surface area (Å²) in [7, 11) is 0. The minimum absolute atomic E-state index is 0.476. The number of hydrogen-bond donors (Lipinski definition) is 0. The molecule has 0 aliphatic carbocycles. The Balaban J connectivity index is 1.61. The normalized spacial score (nSPS) is 14.0. The third kappa shape index (κ3) is 3.83. The summed E-state index contributed by atoms with van der Waals surface area (Å²) in [4.78, 5) is 4.20. The van der Waals surface area contributed by atoms with Crippen molar-refractivity contribution < 1.29 is 13.2 Å². The Morgan fingerprint density at radius 3 is 1.35 bits per heavy atom. The Hall–Kier alpha value is -3.99. The largest absolute Gasteiger partial charge is 0.416 e. The maximum absolute atomic E-state index is 13.0. The Morgan fingerprint density at radius 1 is 0.500 bits per heavy atom. The highest BCUT2D eigenvalue weighted by Gasteiger charge is 2.42. The van der Waals surface area contributed by atoms with Gasteiger partial charge < -0.3 is 9.80 Å². The molecule has 0 unspecified atom stereocenters. The average molecular weight is 457 g/mol. The van der Waals surface area contributed by atoms with Gasteiger partial charge in [-0.25, -0.2) is 0 Å². The molecule has 5 heteroatoms. The van der Waals surface area contributed by atoms with Crippen molar-refractivity contribution in [2.45, 2.75) is 11.7 Å². The number of halogens is 3. The third-order valence-corrected chi connectivity index (χ3v) is 6.26. The minimum Gasteiger partial charge on any atom is -0.340 e. The van der Waals surface area contributed by atoms with Gasteiger partial charge in [0.15, 0.2) is 0 Å². The summed E-state index contributed by atoms with van der Waals surface area (Å²) in [5.74, 6) is 0. The van der Waals surface area contributed by atoms with Crippen LogP contribution in [-0.4, -0.2) is 11.6 Å². The lowest BCUT2D eigenvalue weighted by Gasteiger charge is -2.44. The molecule has 0 spiro atoms. The molecule has 0 fully saturated rings. The van der Waals surface area contributed by atoms with E-state index in [9.17, 15) is 13.2 Å². The van der Waals surface area contributed by atoms with Crippen molar-refractivity contribution >= 4 is 5.69 Å². The van der Waals surface area contributed by atoms with Gasteiger partial charge in [0, 0.05) is 18.1 Å². The first-order valence-corrected chi connectivity index (χ1v) is 11.0. The molecule has 0 radical (unpaired) electrons. The third-order valence-electron chi connectivity index (χ3n) is 6.26. The summed E-state index contributed by atoms with van der Waals surface area (Å²) in [5.41, 5.74) is 2.74. The number of alkyl halides is 3. The van der Waals surface area contributed by atoms with E-state index in [-0.39, 0.29) is 0 Å². The fraction of sp³-hybridized carbons (Fsp3) is 0.103. The summed E-state index contributed by atoms with van der Waals surface area (Å²) in [6.45, 7) is 0.476. The van der Waals surface area contributed by atoms with Gasteiger partial charge in [0.25, 0.3) is 0 Å². The monoisotopic (exact) mass is 456 g/mol. The van der Waals surface area contributed by atoms with E-state index >= 15 is 0 Å². The summed E-state index contributed by atoms with van der Waals surface area (Å²) in [5, 5.41) is 0. The van der Waals surface area contributed by atoms with Crippen molar-refractivity contribution in [1.82, 2.24) is 4.90 Å². The summed E-state index contributed by atoms with van der Waals surface area (Å²) in [6.07, 6.45) is -0.411. The van der Waals surface area contributed by atoms with Crippen molar-refractivity contribution in [3.8, 4) is 0 Å². The highest BCUT2D eigenvalue weighted by atomic mass is 19.4. The Bertz CT molecular complexity index is 1160. The molecule has 5 rings (SSSR count). The van der Waals surface area contributed by atoms with Crippen LogP contribution in [0.4, 0.5) is 18.9 Å². The molecule has 170 valence electrons. The number of rotatable bonds is 5. The second-order valence-corrected chi connectivity index (χ2v) is 8.23. The lowest BCUT2D eigenvalue weighted by molar-refractivity contribution is -0.137. The summed E-state index contributed by atoms with van der Waals surface area (Å²) in [6, 6.07) is 36.2. The zero-order chi connectivity index (χ0) is 23.6. The first-order valence-electron chi connectivity index (χ1n) is 11.0. The number of anilines is 1. The molecule has 1 heterocycles. The second kappa shape index (κ2) is 8.75. The quantitative estimate of drug-likeness (QED) is 0.292. The predicted octanol–water partition coefficient (Wildman–Crippen LogP) is 7.25. The molecule has 1 aliphatic heterocycles. The van der Waals surface area contributed by atoms with Crippen molar-refractivity contribution in [2.24, 2.45) is 0 Å². The summed E-state index contributed by atoms with van der Waals surface area (Å²) < 4.78 is 39.1. The Kier molecular flexibility index (Phi) is 5.62. The molecule has 0 saturated heterocycles. The van der Waals surface area contributed by atoms with Crippen molar-refractivity contribution in [3.63, 3.8) is 0 Å². The van der Waals surface area contributed by atoms with Gasteiger partial charge in [-0.15, -0.1) is 0 Å². The summed E-state index contributed by atoms with van der Waals surface area (Å²) >= 11 is 0. The van der Waals surface area contributed by atoms with Crippen LogP contribution in [0.2, 0.25) is 0 Å². The van der Waals surface area contributed by atoms with Crippen LogP contribution in [0.3, 0.4) is 0 Å². The molecule has 2 nitrogen and oxygen atoms in total. The molecule has 0 amide bonds. The van der Waals surface area contributed by atoms with Crippen LogP contribution >= 0.6 is 0 Å². The molecule has 0 N–H and O–H groups in total. The van der Waals surface area contributed by atoms with Gasteiger partial charge in [0.05, 0.1) is 12.2 Å². The highest BCUT2D eigenvalue weighted by molar-refractivity contribution is 5.55. The molecular weight excluding hydrogens is 433 g/mol. The van der Waals surface area contributed by atoms with Crippen molar-refractivity contribution in [2.75, 3.05) is 11.6 Å². The fourth-order valence-corrected chi connectivity index (χ4v) is 4.68. The smallest absolute Gasteiger partial charge is 0.340 e. The molecule has 4 aromatic carbocycles. The van der Waals surface area contributed by atoms with Gasteiger partial charge in [-0.1, -0.05) is 91.0 Å².